The Labute approximate surface area is 130 Å². The van der Waals surface area contributed by atoms with Gasteiger partial charge < -0.3 is 19.0 Å². The maximum absolute atomic E-state index is 11.0. The predicted molar refractivity (Wildman–Crippen MR) is 81.3 cm³/mol. The Hall–Kier alpha value is -2.66. The van der Waals surface area contributed by atoms with E-state index in [1.165, 1.54) is 18.2 Å². The first-order chi connectivity index (χ1) is 10.6. The van der Waals surface area contributed by atoms with Crippen LogP contribution >= 0.6 is 11.6 Å². The molecule has 0 unspecified atom stereocenters. The van der Waals surface area contributed by atoms with Crippen LogP contribution in [0, 0.1) is 0 Å². The van der Waals surface area contributed by atoms with Gasteiger partial charge in [0, 0.05) is 17.5 Å². The number of hydrogen-bond acceptors (Lipinski definition) is 4. The Morgan fingerprint density at radius 2 is 2.00 bits per heavy atom. The number of rotatable bonds is 4. The summed E-state index contributed by atoms with van der Waals surface area (Å²) in [6.45, 7) is 0. The van der Waals surface area contributed by atoms with Crippen LogP contribution in [0.1, 0.15) is 10.4 Å². The van der Waals surface area contributed by atoms with Crippen molar-refractivity contribution in [3.8, 4) is 17.2 Å². The van der Waals surface area contributed by atoms with Crippen LogP contribution < -0.4 is 9.47 Å². The van der Waals surface area contributed by atoms with Crippen LogP contribution in [0.15, 0.2) is 47.1 Å². The van der Waals surface area contributed by atoms with E-state index in [-0.39, 0.29) is 10.6 Å². The average molecular weight is 319 g/mol. The van der Waals surface area contributed by atoms with Crippen molar-refractivity contribution >= 4 is 28.5 Å². The van der Waals surface area contributed by atoms with Crippen molar-refractivity contribution in [3.63, 3.8) is 0 Å². The summed E-state index contributed by atoms with van der Waals surface area (Å²) in [5.74, 6) is 0.392. The molecule has 1 aromatic heterocycles. The Balaban J connectivity index is 2.01. The number of ether oxygens (including phenoxy) is 2. The minimum absolute atomic E-state index is 0.0165. The van der Waals surface area contributed by atoms with Crippen LogP contribution in [0.2, 0.25) is 5.02 Å². The van der Waals surface area contributed by atoms with Crippen LogP contribution in [0.5, 0.6) is 17.2 Å². The maximum atomic E-state index is 11.0. The second-order valence-corrected chi connectivity index (χ2v) is 4.92. The lowest BCUT2D eigenvalue weighted by Gasteiger charge is -2.09. The molecule has 0 fully saturated rings. The van der Waals surface area contributed by atoms with E-state index in [1.807, 2.05) is 6.07 Å². The van der Waals surface area contributed by atoms with E-state index < -0.39 is 5.97 Å². The van der Waals surface area contributed by atoms with Crippen molar-refractivity contribution in [2.45, 2.75) is 0 Å². The molecular weight excluding hydrogens is 308 g/mol. The van der Waals surface area contributed by atoms with Crippen molar-refractivity contribution in [2.24, 2.45) is 0 Å². The highest BCUT2D eigenvalue weighted by molar-refractivity contribution is 6.33. The Bertz CT molecular complexity index is 853. The van der Waals surface area contributed by atoms with Gasteiger partial charge in [-0.2, -0.15) is 0 Å². The number of fused-ring (bicyclic) bond motifs is 1. The van der Waals surface area contributed by atoms with Crippen LogP contribution in [0.3, 0.4) is 0 Å². The summed E-state index contributed by atoms with van der Waals surface area (Å²) < 4.78 is 16.4. The molecule has 0 saturated heterocycles. The summed E-state index contributed by atoms with van der Waals surface area (Å²) in [5, 5.41) is 9.91. The fourth-order valence-corrected chi connectivity index (χ4v) is 2.33. The molecule has 0 aliphatic heterocycles. The van der Waals surface area contributed by atoms with E-state index in [1.54, 1.807) is 25.5 Å². The van der Waals surface area contributed by atoms with Crippen LogP contribution in [-0.4, -0.2) is 18.2 Å². The molecule has 1 N–H and O–H groups in total. The van der Waals surface area contributed by atoms with E-state index >= 15 is 0 Å². The summed E-state index contributed by atoms with van der Waals surface area (Å²) in [7, 11) is 1.56. The molecule has 0 atom stereocenters. The lowest BCUT2D eigenvalue weighted by Crippen LogP contribution is -1.97. The van der Waals surface area contributed by atoms with Crippen molar-refractivity contribution in [2.75, 3.05) is 7.11 Å². The number of carboxylic acids is 1. The molecular formula is C16H11ClO5. The van der Waals surface area contributed by atoms with Gasteiger partial charge in [-0.25, -0.2) is 4.79 Å². The molecule has 6 heteroatoms. The van der Waals surface area contributed by atoms with Crippen molar-refractivity contribution in [3.05, 3.63) is 53.2 Å². The molecule has 0 amide bonds. The van der Waals surface area contributed by atoms with Crippen molar-refractivity contribution < 1.29 is 23.8 Å². The third-order valence-corrected chi connectivity index (χ3v) is 3.44. The number of benzene rings is 2. The summed E-state index contributed by atoms with van der Waals surface area (Å²) in [4.78, 5) is 11.0. The van der Waals surface area contributed by atoms with Gasteiger partial charge in [0.15, 0.2) is 11.3 Å². The molecule has 0 aliphatic rings. The molecule has 2 aromatic carbocycles. The van der Waals surface area contributed by atoms with Gasteiger partial charge >= 0.3 is 5.97 Å². The lowest BCUT2D eigenvalue weighted by atomic mass is 10.2. The maximum Gasteiger partial charge on any atom is 0.337 e. The normalized spacial score (nSPS) is 10.6. The summed E-state index contributed by atoms with van der Waals surface area (Å²) in [6.07, 6.45) is 1.55. The third kappa shape index (κ3) is 2.58. The molecule has 3 aromatic rings. The third-order valence-electron chi connectivity index (χ3n) is 3.13. The van der Waals surface area contributed by atoms with Crippen LogP contribution in [0.4, 0.5) is 0 Å². The number of carbonyl (C=O) groups is 1. The number of methoxy groups -OCH3 is 1. The molecule has 0 spiro atoms. The van der Waals surface area contributed by atoms with E-state index in [2.05, 4.69) is 0 Å². The lowest BCUT2D eigenvalue weighted by molar-refractivity contribution is 0.0697. The highest BCUT2D eigenvalue weighted by Crippen LogP contribution is 2.35. The average Bonchev–Trinajstić information content (AvgIpc) is 2.95. The number of carboxylic acid groups (broad SMARTS) is 1. The standard InChI is InChI=1S/C16H11ClO5/c1-20-11-6-9-4-5-21-15(9)14(8-11)22-10-2-3-12(16(18)19)13(17)7-10/h2-8H,1H3,(H,18,19). The molecule has 3 rings (SSSR count). The summed E-state index contributed by atoms with van der Waals surface area (Å²) >= 11 is 5.94. The first kappa shape index (κ1) is 14.3. The van der Waals surface area contributed by atoms with Gasteiger partial charge in [-0.15, -0.1) is 0 Å². The Morgan fingerprint density at radius 1 is 1.18 bits per heavy atom. The zero-order valence-corrected chi connectivity index (χ0v) is 12.3. The molecule has 0 aliphatic carbocycles. The van der Waals surface area contributed by atoms with Crippen LogP contribution in [-0.2, 0) is 0 Å². The second-order valence-electron chi connectivity index (χ2n) is 4.51. The molecule has 1 heterocycles. The number of halogens is 1. The van der Waals surface area contributed by atoms with Gasteiger partial charge in [-0.05, 0) is 24.3 Å². The monoisotopic (exact) mass is 318 g/mol. The topological polar surface area (TPSA) is 68.9 Å². The van der Waals surface area contributed by atoms with Gasteiger partial charge in [0.05, 0.1) is 24.0 Å². The number of aromatic carboxylic acids is 1. The first-order valence-electron chi connectivity index (χ1n) is 6.34. The molecule has 0 bridgehead atoms. The minimum Gasteiger partial charge on any atom is -0.497 e. The van der Waals surface area contributed by atoms with Gasteiger partial charge in [0.2, 0.25) is 0 Å². The van der Waals surface area contributed by atoms with Gasteiger partial charge in [-0.1, -0.05) is 11.6 Å². The zero-order valence-electron chi connectivity index (χ0n) is 11.5. The minimum atomic E-state index is -1.09. The van der Waals surface area contributed by atoms with E-state index in [0.29, 0.717) is 22.8 Å². The zero-order chi connectivity index (χ0) is 15.7. The molecule has 112 valence electrons. The molecule has 0 radical (unpaired) electrons. The molecule has 5 nitrogen and oxygen atoms in total. The van der Waals surface area contributed by atoms with Crippen molar-refractivity contribution in [1.82, 2.24) is 0 Å². The van der Waals surface area contributed by atoms with E-state index in [0.717, 1.165) is 5.39 Å². The smallest absolute Gasteiger partial charge is 0.337 e. The highest BCUT2D eigenvalue weighted by Gasteiger charge is 2.13. The quantitative estimate of drug-likeness (QED) is 0.762. The molecule has 0 saturated carbocycles. The van der Waals surface area contributed by atoms with Gasteiger partial charge in [0.25, 0.3) is 0 Å². The number of hydrogen-bond donors (Lipinski definition) is 1. The van der Waals surface area contributed by atoms with Crippen LogP contribution in [0.25, 0.3) is 11.0 Å². The Morgan fingerprint density at radius 3 is 2.68 bits per heavy atom. The highest BCUT2D eigenvalue weighted by atomic mass is 35.5. The largest absolute Gasteiger partial charge is 0.497 e. The first-order valence-corrected chi connectivity index (χ1v) is 6.72. The predicted octanol–water partition coefficient (Wildman–Crippen LogP) is 4.59. The SMILES string of the molecule is COc1cc(Oc2ccc(C(=O)O)c(Cl)c2)c2occc2c1. The van der Waals surface area contributed by atoms with E-state index in [4.69, 9.17) is 30.6 Å². The van der Waals surface area contributed by atoms with Gasteiger partial charge in [-0.3, -0.25) is 0 Å². The Kier molecular flexibility index (Phi) is 3.65. The second kappa shape index (κ2) is 5.61. The molecule has 22 heavy (non-hydrogen) atoms. The number of furan rings is 1. The van der Waals surface area contributed by atoms with Crippen molar-refractivity contribution in [1.29, 1.82) is 0 Å². The fourth-order valence-electron chi connectivity index (χ4n) is 2.08. The fraction of sp³-hybridized carbons (Fsp3) is 0.0625. The van der Waals surface area contributed by atoms with E-state index in [9.17, 15) is 4.79 Å². The summed E-state index contributed by atoms with van der Waals surface area (Å²) in [5.41, 5.74) is 0.585. The summed E-state index contributed by atoms with van der Waals surface area (Å²) in [6, 6.07) is 9.67. The van der Waals surface area contributed by atoms with Gasteiger partial charge in [0.1, 0.15) is 11.5 Å².